The van der Waals surface area contributed by atoms with Crippen molar-refractivity contribution in [3.8, 4) is 0 Å². The van der Waals surface area contributed by atoms with Gasteiger partial charge in [-0.2, -0.15) is 0 Å². The predicted octanol–water partition coefficient (Wildman–Crippen LogP) is -1.98. The molecule has 6 nitrogen and oxygen atoms in total. The molecule has 1 aliphatic heterocycles. The molecule has 1 heterocycles. The first-order chi connectivity index (χ1) is 4.79. The minimum atomic E-state index is 0.0142. The molecule has 0 aromatic heterocycles. The first kappa shape index (κ1) is 6.66. The quantitative estimate of drug-likeness (QED) is 0.237. The second kappa shape index (κ2) is 2.90. The highest BCUT2D eigenvalue weighted by atomic mass is 15.7. The summed E-state index contributed by atoms with van der Waals surface area (Å²) in [5.41, 5.74) is 12.7. The van der Waals surface area contributed by atoms with Gasteiger partial charge in [0, 0.05) is 0 Å². The fraction of sp³-hybridized carbons (Fsp3) is 0.500. The van der Waals surface area contributed by atoms with Crippen LogP contribution in [-0.4, -0.2) is 30.4 Å². The molecule has 1 rings (SSSR count). The third-order valence-electron chi connectivity index (χ3n) is 0.999. The molecular formula is C4H10N6. The van der Waals surface area contributed by atoms with Gasteiger partial charge >= 0.3 is 0 Å². The predicted molar refractivity (Wildman–Crippen MR) is 39.0 cm³/mol. The molecule has 0 saturated heterocycles. The van der Waals surface area contributed by atoms with Gasteiger partial charge in [-0.1, -0.05) is 0 Å². The number of hydrazone groups is 1. The first-order valence-corrected chi connectivity index (χ1v) is 2.90. The highest BCUT2D eigenvalue weighted by molar-refractivity contribution is 5.75. The van der Waals surface area contributed by atoms with Crippen LogP contribution in [0.5, 0.6) is 0 Å². The zero-order valence-corrected chi connectivity index (χ0v) is 5.49. The molecule has 0 aliphatic carbocycles. The van der Waals surface area contributed by atoms with E-state index in [-0.39, 0.29) is 5.96 Å². The summed E-state index contributed by atoms with van der Waals surface area (Å²) < 4.78 is 0. The van der Waals surface area contributed by atoms with Gasteiger partial charge in [0.05, 0.1) is 13.1 Å². The Labute approximate surface area is 58.5 Å². The highest BCUT2D eigenvalue weighted by Gasteiger charge is 2.01. The second-order valence-corrected chi connectivity index (χ2v) is 1.85. The Balaban J connectivity index is 2.26. The van der Waals surface area contributed by atoms with E-state index in [4.69, 9.17) is 11.5 Å². The smallest absolute Gasteiger partial charge is 0.210 e. The Morgan fingerprint density at radius 3 is 3.00 bits per heavy atom. The maximum absolute atomic E-state index is 5.06. The Kier molecular flexibility index (Phi) is 1.93. The normalized spacial score (nSPS) is 15.4. The third-order valence-corrected chi connectivity index (χ3v) is 0.999. The van der Waals surface area contributed by atoms with E-state index >= 15 is 0 Å². The summed E-state index contributed by atoms with van der Waals surface area (Å²) in [5, 5.41) is 5.26. The number of hydrogen-bond acceptors (Lipinski definition) is 4. The molecule has 0 spiro atoms. The average Bonchev–Trinajstić information content (AvgIpc) is 2.34. The molecule has 0 fully saturated rings. The Hall–Kier alpha value is -1.46. The molecule has 0 bridgehead atoms. The number of nitrogens with one attached hydrogen (secondary N) is 1. The van der Waals surface area contributed by atoms with Crippen molar-refractivity contribution in [3.05, 3.63) is 0 Å². The maximum atomic E-state index is 5.06. The van der Waals surface area contributed by atoms with E-state index in [1.165, 1.54) is 0 Å². The van der Waals surface area contributed by atoms with E-state index in [9.17, 15) is 0 Å². The fourth-order valence-electron chi connectivity index (χ4n) is 0.577. The summed E-state index contributed by atoms with van der Waals surface area (Å²) in [7, 11) is 0. The molecule has 0 radical (unpaired) electrons. The van der Waals surface area contributed by atoms with Gasteiger partial charge in [0.1, 0.15) is 6.34 Å². The summed E-state index contributed by atoms with van der Waals surface area (Å²) in [6.45, 7) is 1.59. The lowest BCUT2D eigenvalue weighted by Gasteiger charge is -2.10. The van der Waals surface area contributed by atoms with Crippen LogP contribution in [-0.2, 0) is 0 Å². The standard InChI is InChI=1S/C4H10N6/c5-4(6)8-9-10-2-1-7-3-10/h3,9H,1-2H2,(H4,5,6,8). The molecule has 0 atom stereocenters. The minimum Gasteiger partial charge on any atom is -0.369 e. The molecule has 5 N–H and O–H groups in total. The Bertz CT molecular complexity index is 157. The summed E-state index contributed by atoms with van der Waals surface area (Å²) in [5.74, 6) is 0.0142. The van der Waals surface area contributed by atoms with Crippen molar-refractivity contribution in [2.24, 2.45) is 21.6 Å². The zero-order chi connectivity index (χ0) is 7.40. The minimum absolute atomic E-state index is 0.0142. The lowest BCUT2D eigenvalue weighted by Crippen LogP contribution is -2.35. The second-order valence-electron chi connectivity index (χ2n) is 1.85. The van der Waals surface area contributed by atoms with Crippen molar-refractivity contribution < 1.29 is 0 Å². The number of hydrogen-bond donors (Lipinski definition) is 3. The molecule has 0 amide bonds. The lowest BCUT2D eigenvalue weighted by molar-refractivity contribution is 0.353. The first-order valence-electron chi connectivity index (χ1n) is 2.90. The van der Waals surface area contributed by atoms with Gasteiger partial charge in [-0.3, -0.25) is 10.0 Å². The van der Waals surface area contributed by atoms with Gasteiger partial charge < -0.3 is 11.5 Å². The van der Waals surface area contributed by atoms with E-state index in [0.29, 0.717) is 0 Å². The molecule has 0 aromatic rings. The summed E-state index contributed by atoms with van der Waals surface area (Å²) in [6, 6.07) is 0. The maximum Gasteiger partial charge on any atom is 0.210 e. The van der Waals surface area contributed by atoms with Gasteiger partial charge in [0.15, 0.2) is 0 Å². The van der Waals surface area contributed by atoms with Crippen LogP contribution in [0.2, 0.25) is 0 Å². The van der Waals surface area contributed by atoms with Gasteiger partial charge in [-0.25, -0.2) is 5.53 Å². The van der Waals surface area contributed by atoms with Crippen LogP contribution in [0.15, 0.2) is 10.1 Å². The number of nitrogens with two attached hydrogens (primary N) is 2. The van der Waals surface area contributed by atoms with E-state index in [2.05, 4.69) is 15.6 Å². The number of nitrogens with zero attached hydrogens (tertiary/aromatic N) is 3. The molecule has 0 saturated carbocycles. The van der Waals surface area contributed by atoms with Crippen LogP contribution in [0.3, 0.4) is 0 Å². The number of hydrazine groups is 1. The Morgan fingerprint density at radius 1 is 1.70 bits per heavy atom. The van der Waals surface area contributed by atoms with E-state index < -0.39 is 0 Å². The molecule has 56 valence electrons. The van der Waals surface area contributed by atoms with Crippen molar-refractivity contribution in [2.75, 3.05) is 13.1 Å². The largest absolute Gasteiger partial charge is 0.369 e. The molecule has 0 aromatic carbocycles. The number of aliphatic imine (C=N–C) groups is 1. The van der Waals surface area contributed by atoms with Crippen molar-refractivity contribution in [1.29, 1.82) is 0 Å². The highest BCUT2D eigenvalue weighted by Crippen LogP contribution is 1.86. The van der Waals surface area contributed by atoms with Crippen molar-refractivity contribution in [2.45, 2.75) is 0 Å². The van der Waals surface area contributed by atoms with E-state index in [0.717, 1.165) is 13.1 Å². The van der Waals surface area contributed by atoms with Gasteiger partial charge in [0.2, 0.25) is 5.96 Å². The molecule has 0 unspecified atom stereocenters. The van der Waals surface area contributed by atoms with Crippen LogP contribution >= 0.6 is 0 Å². The third kappa shape index (κ3) is 1.81. The zero-order valence-electron chi connectivity index (χ0n) is 5.49. The molecule has 10 heavy (non-hydrogen) atoms. The lowest BCUT2D eigenvalue weighted by atomic mass is 10.7. The molecule has 6 heteroatoms. The van der Waals surface area contributed by atoms with Crippen LogP contribution in [0.1, 0.15) is 0 Å². The Morgan fingerprint density at radius 2 is 2.50 bits per heavy atom. The van der Waals surface area contributed by atoms with Gasteiger partial charge in [-0.05, 0) is 0 Å². The van der Waals surface area contributed by atoms with Crippen LogP contribution in [0, 0.1) is 0 Å². The number of guanidine groups is 1. The van der Waals surface area contributed by atoms with Crippen molar-refractivity contribution in [3.63, 3.8) is 0 Å². The van der Waals surface area contributed by atoms with Crippen LogP contribution in [0.25, 0.3) is 0 Å². The SMILES string of the molecule is NC(N)=NNN1C=NCC1. The molecule has 1 aliphatic rings. The average molecular weight is 142 g/mol. The van der Waals surface area contributed by atoms with Crippen molar-refractivity contribution >= 4 is 12.3 Å². The van der Waals surface area contributed by atoms with Crippen molar-refractivity contribution in [1.82, 2.24) is 10.5 Å². The van der Waals surface area contributed by atoms with E-state index in [1.807, 2.05) is 0 Å². The summed E-state index contributed by atoms with van der Waals surface area (Å²) >= 11 is 0. The topological polar surface area (TPSA) is 92.0 Å². The van der Waals surface area contributed by atoms with Gasteiger partial charge in [0.25, 0.3) is 0 Å². The monoisotopic (exact) mass is 142 g/mol. The van der Waals surface area contributed by atoms with E-state index in [1.54, 1.807) is 11.3 Å². The summed E-state index contributed by atoms with van der Waals surface area (Å²) in [4.78, 5) is 3.93. The van der Waals surface area contributed by atoms with Crippen LogP contribution < -0.4 is 17.0 Å². The fourth-order valence-corrected chi connectivity index (χ4v) is 0.577. The number of rotatable bonds is 2. The summed E-state index contributed by atoms with van der Waals surface area (Å²) in [6.07, 6.45) is 1.65. The molecular weight excluding hydrogens is 132 g/mol. The van der Waals surface area contributed by atoms with Crippen LogP contribution in [0.4, 0.5) is 0 Å². The van der Waals surface area contributed by atoms with Gasteiger partial charge in [-0.15, -0.1) is 5.10 Å².